The lowest BCUT2D eigenvalue weighted by Gasteiger charge is -2.25. The smallest absolute Gasteiger partial charge is 0.307 e. The number of amides is 1. The van der Waals surface area contributed by atoms with Crippen molar-refractivity contribution in [1.29, 1.82) is 5.26 Å². The van der Waals surface area contributed by atoms with Crippen molar-refractivity contribution in [2.75, 3.05) is 5.32 Å². The Labute approximate surface area is 142 Å². The van der Waals surface area contributed by atoms with E-state index in [0.29, 0.717) is 15.6 Å². The number of hydrogen-bond acceptors (Lipinski definition) is 4. The minimum Gasteiger partial charge on any atom is -0.481 e. The molecule has 1 aromatic rings. The van der Waals surface area contributed by atoms with Gasteiger partial charge in [-0.05, 0) is 37.7 Å². The van der Waals surface area contributed by atoms with Gasteiger partial charge in [0, 0.05) is 9.91 Å². The summed E-state index contributed by atoms with van der Waals surface area (Å²) in [7, 11) is 0. The molecule has 2 aliphatic carbocycles. The van der Waals surface area contributed by atoms with Crippen LogP contribution in [0.3, 0.4) is 0 Å². The van der Waals surface area contributed by atoms with E-state index < -0.39 is 17.8 Å². The first-order valence-corrected chi connectivity index (χ1v) is 8.63. The highest BCUT2D eigenvalue weighted by molar-refractivity contribution is 7.16. The topological polar surface area (TPSA) is 90.2 Å². The van der Waals surface area contributed by atoms with Gasteiger partial charge in [-0.15, -0.1) is 11.3 Å². The maximum absolute atomic E-state index is 12.6. The Morgan fingerprint density at radius 3 is 2.87 bits per heavy atom. The molecule has 23 heavy (non-hydrogen) atoms. The predicted octanol–water partition coefficient (Wildman–Crippen LogP) is 3.28. The molecule has 0 saturated heterocycles. The lowest BCUT2D eigenvalue weighted by molar-refractivity contribution is -0.146. The zero-order valence-corrected chi connectivity index (χ0v) is 13.8. The number of allylic oxidation sites excluding steroid dienone is 2. The van der Waals surface area contributed by atoms with E-state index >= 15 is 0 Å². The summed E-state index contributed by atoms with van der Waals surface area (Å²) in [5.41, 5.74) is 1.56. The molecular formula is C16H15ClN2O3S. The number of hydrogen-bond donors (Lipinski definition) is 2. The van der Waals surface area contributed by atoms with Crippen molar-refractivity contribution in [1.82, 2.24) is 0 Å². The number of aliphatic carboxylic acids is 1. The predicted molar refractivity (Wildman–Crippen MR) is 87.5 cm³/mol. The average Bonchev–Trinajstić information content (AvgIpc) is 3.07. The molecule has 0 fully saturated rings. The van der Waals surface area contributed by atoms with Crippen LogP contribution in [-0.4, -0.2) is 17.0 Å². The quantitative estimate of drug-likeness (QED) is 0.875. The number of nitrogens with one attached hydrogen (secondary N) is 1. The fourth-order valence-electron chi connectivity index (χ4n) is 3.22. The monoisotopic (exact) mass is 350 g/mol. The molecule has 0 bridgehead atoms. The number of rotatable bonds is 3. The summed E-state index contributed by atoms with van der Waals surface area (Å²) in [6.07, 6.45) is 4.95. The molecule has 1 aromatic heterocycles. The van der Waals surface area contributed by atoms with Crippen molar-refractivity contribution in [2.45, 2.75) is 32.1 Å². The molecule has 0 radical (unpaired) electrons. The first kappa shape index (κ1) is 16.0. The highest BCUT2D eigenvalue weighted by atomic mass is 35.5. The molecule has 7 heteroatoms. The molecule has 3 rings (SSSR count). The summed E-state index contributed by atoms with van der Waals surface area (Å²) in [4.78, 5) is 25.1. The van der Waals surface area contributed by atoms with Gasteiger partial charge in [-0.3, -0.25) is 9.59 Å². The minimum absolute atomic E-state index is 0.220. The highest BCUT2D eigenvalue weighted by Gasteiger charge is 2.37. The minimum atomic E-state index is -1.00. The number of anilines is 1. The number of fused-ring (bicyclic) bond motifs is 1. The fourth-order valence-corrected chi connectivity index (χ4v) is 4.72. The Hall–Kier alpha value is -1.84. The first-order chi connectivity index (χ1) is 11.0. The second-order valence-electron chi connectivity index (χ2n) is 5.80. The molecule has 120 valence electrons. The van der Waals surface area contributed by atoms with Crippen LogP contribution in [0, 0.1) is 23.2 Å². The number of carbonyl (C=O) groups is 2. The molecule has 1 amide bonds. The van der Waals surface area contributed by atoms with Crippen LogP contribution in [-0.2, 0) is 22.4 Å². The number of carboxylic acids is 1. The summed E-state index contributed by atoms with van der Waals surface area (Å²) in [5, 5.41) is 22.5. The lowest BCUT2D eigenvalue weighted by atomic mass is 9.82. The first-order valence-electron chi connectivity index (χ1n) is 7.44. The third kappa shape index (κ3) is 2.99. The fraction of sp³-hybridized carbons (Fsp3) is 0.438. The normalized spacial score (nSPS) is 22.9. The highest BCUT2D eigenvalue weighted by Crippen LogP contribution is 2.40. The van der Waals surface area contributed by atoms with Crippen molar-refractivity contribution in [3.8, 4) is 6.07 Å². The maximum atomic E-state index is 12.6. The standard InChI is InChI=1S/C16H15ClN2O3S/c17-8-4-5-10(16(21)22)11(6-8)14(20)19-15-12(7-18)9-2-1-3-13(9)23-15/h4,10-11H,1-3,5-6H2,(H,19,20)(H,21,22)/t10-,11-/m1/s1. The van der Waals surface area contributed by atoms with Crippen molar-refractivity contribution in [3.63, 3.8) is 0 Å². The molecule has 0 saturated carbocycles. The van der Waals surface area contributed by atoms with Crippen molar-refractivity contribution < 1.29 is 14.7 Å². The van der Waals surface area contributed by atoms with Gasteiger partial charge >= 0.3 is 5.97 Å². The number of nitriles is 1. The summed E-state index contributed by atoms with van der Waals surface area (Å²) in [6.45, 7) is 0. The molecule has 0 aromatic carbocycles. The second-order valence-corrected chi connectivity index (χ2v) is 7.40. The molecule has 1 heterocycles. The molecule has 0 aliphatic heterocycles. The van der Waals surface area contributed by atoms with Crippen LogP contribution in [0.15, 0.2) is 11.1 Å². The van der Waals surface area contributed by atoms with Crippen LogP contribution in [0.2, 0.25) is 0 Å². The van der Waals surface area contributed by atoms with Gasteiger partial charge in [0.2, 0.25) is 5.91 Å². The molecule has 2 N–H and O–H groups in total. The Bertz CT molecular complexity index is 747. The molecule has 2 aliphatic rings. The van der Waals surface area contributed by atoms with Crippen LogP contribution in [0.25, 0.3) is 0 Å². The molecular weight excluding hydrogens is 336 g/mol. The van der Waals surface area contributed by atoms with E-state index in [1.54, 1.807) is 6.08 Å². The van der Waals surface area contributed by atoms with Crippen LogP contribution in [0.5, 0.6) is 0 Å². The van der Waals surface area contributed by atoms with E-state index in [-0.39, 0.29) is 18.7 Å². The van der Waals surface area contributed by atoms with Gasteiger partial charge in [0.1, 0.15) is 11.1 Å². The summed E-state index contributed by atoms with van der Waals surface area (Å²) >= 11 is 7.41. The summed E-state index contributed by atoms with van der Waals surface area (Å²) in [5.74, 6) is -2.87. The molecule has 2 atom stereocenters. The molecule has 0 unspecified atom stereocenters. The van der Waals surface area contributed by atoms with E-state index in [1.807, 2.05) is 0 Å². The zero-order chi connectivity index (χ0) is 16.6. The maximum Gasteiger partial charge on any atom is 0.307 e. The number of halogens is 1. The van der Waals surface area contributed by atoms with Gasteiger partial charge in [-0.25, -0.2) is 0 Å². The molecule has 5 nitrogen and oxygen atoms in total. The molecule has 0 spiro atoms. The van der Waals surface area contributed by atoms with Crippen LogP contribution >= 0.6 is 22.9 Å². The van der Waals surface area contributed by atoms with E-state index in [4.69, 9.17) is 11.6 Å². The number of nitrogens with zero attached hydrogens (tertiary/aromatic N) is 1. The van der Waals surface area contributed by atoms with Gasteiger partial charge < -0.3 is 10.4 Å². The van der Waals surface area contributed by atoms with Crippen LogP contribution < -0.4 is 5.32 Å². The van der Waals surface area contributed by atoms with Crippen LogP contribution in [0.1, 0.15) is 35.3 Å². The van der Waals surface area contributed by atoms with Gasteiger partial charge in [-0.2, -0.15) is 5.26 Å². The van der Waals surface area contributed by atoms with E-state index in [0.717, 1.165) is 29.7 Å². The van der Waals surface area contributed by atoms with Gasteiger partial charge in [-0.1, -0.05) is 17.7 Å². The average molecular weight is 351 g/mol. The summed E-state index contributed by atoms with van der Waals surface area (Å²) in [6, 6.07) is 2.17. The third-order valence-electron chi connectivity index (χ3n) is 4.42. The van der Waals surface area contributed by atoms with Crippen molar-refractivity contribution in [3.05, 3.63) is 27.1 Å². The third-order valence-corrected chi connectivity index (χ3v) is 5.93. The number of carbonyl (C=O) groups excluding carboxylic acids is 1. The Morgan fingerprint density at radius 1 is 1.39 bits per heavy atom. The van der Waals surface area contributed by atoms with E-state index in [1.165, 1.54) is 11.3 Å². The second kappa shape index (κ2) is 6.34. The van der Waals surface area contributed by atoms with Crippen LogP contribution in [0.4, 0.5) is 5.00 Å². The number of carboxylic acid groups (broad SMARTS) is 1. The van der Waals surface area contributed by atoms with E-state index in [2.05, 4.69) is 11.4 Å². The largest absolute Gasteiger partial charge is 0.481 e. The van der Waals surface area contributed by atoms with Crippen molar-refractivity contribution in [2.24, 2.45) is 11.8 Å². The Kier molecular flexibility index (Phi) is 4.42. The lowest BCUT2D eigenvalue weighted by Crippen LogP contribution is -2.35. The van der Waals surface area contributed by atoms with Gasteiger partial charge in [0.25, 0.3) is 0 Å². The van der Waals surface area contributed by atoms with Crippen molar-refractivity contribution >= 4 is 39.8 Å². The number of aryl methyl sites for hydroxylation is 1. The zero-order valence-electron chi connectivity index (χ0n) is 12.3. The van der Waals surface area contributed by atoms with Gasteiger partial charge in [0.05, 0.1) is 17.4 Å². The Balaban J connectivity index is 1.83. The van der Waals surface area contributed by atoms with Gasteiger partial charge in [0.15, 0.2) is 0 Å². The SMILES string of the molecule is N#Cc1c(NC(=O)[C@@H]2CC(Cl)=CC[C@H]2C(=O)O)sc2c1CCC2. The Morgan fingerprint density at radius 2 is 2.17 bits per heavy atom. The van der Waals surface area contributed by atoms with E-state index in [9.17, 15) is 20.0 Å². The number of thiophene rings is 1. The summed E-state index contributed by atoms with van der Waals surface area (Å²) < 4.78 is 0.